The van der Waals surface area contributed by atoms with Crippen LogP contribution in [0.1, 0.15) is 20.3 Å². The molecule has 0 aromatic heterocycles. The lowest BCUT2D eigenvalue weighted by Crippen LogP contribution is -2.54. The zero-order valence-corrected chi connectivity index (χ0v) is 12.6. The lowest BCUT2D eigenvalue weighted by molar-refractivity contribution is -0.149. The molecule has 2 aliphatic heterocycles. The summed E-state index contributed by atoms with van der Waals surface area (Å²) in [6, 6.07) is 0.567. The van der Waals surface area contributed by atoms with Crippen LogP contribution >= 0.6 is 0 Å². The van der Waals surface area contributed by atoms with E-state index in [0.717, 1.165) is 45.8 Å². The number of ether oxygens (including phenoxy) is 2. The molecule has 2 atom stereocenters. The van der Waals surface area contributed by atoms with E-state index in [1.807, 2.05) is 0 Å². The molecule has 0 aromatic rings. The standard InChI is InChI=1S/C14H27N3O3/c1-3-20-13(18)14(2,15)11-16-5-4-12(10-16)17-6-8-19-9-7-17/h12H,3-11,15H2,1-2H3. The van der Waals surface area contributed by atoms with Crippen molar-refractivity contribution < 1.29 is 14.3 Å². The molecule has 0 saturated carbocycles. The highest BCUT2D eigenvalue weighted by molar-refractivity contribution is 5.80. The van der Waals surface area contributed by atoms with Crippen molar-refractivity contribution in [3.63, 3.8) is 0 Å². The van der Waals surface area contributed by atoms with E-state index in [4.69, 9.17) is 15.2 Å². The van der Waals surface area contributed by atoms with Gasteiger partial charge in [-0.3, -0.25) is 14.6 Å². The lowest BCUT2D eigenvalue weighted by Gasteiger charge is -2.33. The highest BCUT2D eigenvalue weighted by Crippen LogP contribution is 2.19. The minimum absolute atomic E-state index is 0.310. The highest BCUT2D eigenvalue weighted by atomic mass is 16.5. The molecule has 0 aromatic carbocycles. The molecule has 0 bridgehead atoms. The number of rotatable bonds is 5. The van der Waals surface area contributed by atoms with Crippen LogP contribution in [0.4, 0.5) is 0 Å². The molecule has 6 nitrogen and oxygen atoms in total. The SMILES string of the molecule is CCOC(=O)C(C)(N)CN1CCC(N2CCOCC2)C1. The average Bonchev–Trinajstić information content (AvgIpc) is 2.88. The Labute approximate surface area is 121 Å². The van der Waals surface area contributed by atoms with E-state index < -0.39 is 5.54 Å². The van der Waals surface area contributed by atoms with E-state index in [1.165, 1.54) is 0 Å². The number of hydrogen-bond acceptors (Lipinski definition) is 6. The van der Waals surface area contributed by atoms with Crippen LogP contribution in [0, 0.1) is 0 Å². The summed E-state index contributed by atoms with van der Waals surface area (Å²) >= 11 is 0. The van der Waals surface area contributed by atoms with E-state index >= 15 is 0 Å². The molecule has 2 N–H and O–H groups in total. The highest BCUT2D eigenvalue weighted by Gasteiger charge is 2.36. The van der Waals surface area contributed by atoms with Gasteiger partial charge < -0.3 is 15.2 Å². The summed E-state index contributed by atoms with van der Waals surface area (Å²) in [5.41, 5.74) is 5.18. The van der Waals surface area contributed by atoms with E-state index in [0.29, 0.717) is 19.2 Å². The third-order valence-corrected chi connectivity index (χ3v) is 4.10. The van der Waals surface area contributed by atoms with Crippen LogP contribution in [0.15, 0.2) is 0 Å². The molecule has 0 amide bonds. The second-order valence-electron chi connectivity index (χ2n) is 5.96. The van der Waals surface area contributed by atoms with Gasteiger partial charge in [-0.2, -0.15) is 0 Å². The number of nitrogens with two attached hydrogens (primary N) is 1. The molecule has 2 aliphatic rings. The molecule has 2 rings (SSSR count). The molecule has 2 saturated heterocycles. The Morgan fingerprint density at radius 3 is 2.75 bits per heavy atom. The minimum Gasteiger partial charge on any atom is -0.465 e. The Morgan fingerprint density at radius 2 is 2.10 bits per heavy atom. The molecule has 2 heterocycles. The summed E-state index contributed by atoms with van der Waals surface area (Å²) in [7, 11) is 0. The second kappa shape index (κ2) is 6.85. The van der Waals surface area contributed by atoms with Crippen molar-refractivity contribution in [2.24, 2.45) is 5.73 Å². The van der Waals surface area contributed by atoms with E-state index in [-0.39, 0.29) is 5.97 Å². The van der Waals surface area contributed by atoms with Gasteiger partial charge in [-0.1, -0.05) is 0 Å². The summed E-state index contributed by atoms with van der Waals surface area (Å²) in [6.07, 6.45) is 1.14. The Kier molecular flexibility index (Phi) is 5.37. The first kappa shape index (κ1) is 15.7. The maximum atomic E-state index is 11.8. The summed E-state index contributed by atoms with van der Waals surface area (Å²) in [5.74, 6) is -0.310. The van der Waals surface area contributed by atoms with Crippen LogP contribution in [0.25, 0.3) is 0 Å². The van der Waals surface area contributed by atoms with Crippen molar-refractivity contribution in [1.82, 2.24) is 9.80 Å². The second-order valence-corrected chi connectivity index (χ2v) is 5.96. The van der Waals surface area contributed by atoms with Crippen molar-refractivity contribution in [1.29, 1.82) is 0 Å². The van der Waals surface area contributed by atoms with Gasteiger partial charge >= 0.3 is 5.97 Å². The molecular formula is C14H27N3O3. The lowest BCUT2D eigenvalue weighted by atomic mass is 10.0. The molecule has 0 spiro atoms. The molecule has 6 heteroatoms. The number of esters is 1. The average molecular weight is 285 g/mol. The fraction of sp³-hybridized carbons (Fsp3) is 0.929. The van der Waals surface area contributed by atoms with Gasteiger partial charge in [-0.15, -0.1) is 0 Å². The van der Waals surface area contributed by atoms with Crippen molar-refractivity contribution in [3.8, 4) is 0 Å². The predicted molar refractivity (Wildman–Crippen MR) is 76.5 cm³/mol. The zero-order valence-electron chi connectivity index (χ0n) is 12.6. The first-order chi connectivity index (χ1) is 9.53. The normalized spacial score (nSPS) is 28.2. The van der Waals surface area contributed by atoms with Crippen LogP contribution in [0.2, 0.25) is 0 Å². The molecular weight excluding hydrogens is 258 g/mol. The van der Waals surface area contributed by atoms with E-state index in [1.54, 1.807) is 13.8 Å². The molecule has 2 fully saturated rings. The van der Waals surface area contributed by atoms with Gasteiger partial charge in [0.25, 0.3) is 0 Å². The molecule has 0 radical (unpaired) electrons. The first-order valence-electron chi connectivity index (χ1n) is 7.53. The number of carbonyl (C=O) groups is 1. The number of morpholine rings is 1. The van der Waals surface area contributed by atoms with Crippen LogP contribution < -0.4 is 5.73 Å². The Balaban J connectivity index is 1.81. The quantitative estimate of drug-likeness (QED) is 0.698. The Hall–Kier alpha value is -0.690. The molecule has 0 aliphatic carbocycles. The van der Waals surface area contributed by atoms with Crippen LogP contribution in [-0.4, -0.2) is 79.9 Å². The topological polar surface area (TPSA) is 68.0 Å². The van der Waals surface area contributed by atoms with Crippen molar-refractivity contribution in [3.05, 3.63) is 0 Å². The summed E-state index contributed by atoms with van der Waals surface area (Å²) in [4.78, 5) is 16.6. The van der Waals surface area contributed by atoms with Crippen molar-refractivity contribution in [2.45, 2.75) is 31.8 Å². The predicted octanol–water partition coefficient (Wildman–Crippen LogP) is -0.327. The van der Waals surface area contributed by atoms with Crippen molar-refractivity contribution >= 4 is 5.97 Å². The van der Waals surface area contributed by atoms with Crippen LogP contribution in [-0.2, 0) is 14.3 Å². The summed E-state index contributed by atoms with van der Waals surface area (Å²) < 4.78 is 10.4. The molecule has 2 unspecified atom stereocenters. The van der Waals surface area contributed by atoms with Gasteiger partial charge in [0.2, 0.25) is 0 Å². The number of carbonyl (C=O) groups excluding carboxylic acids is 1. The molecule has 116 valence electrons. The number of hydrogen-bond donors (Lipinski definition) is 1. The van der Waals surface area contributed by atoms with E-state index in [9.17, 15) is 4.79 Å². The summed E-state index contributed by atoms with van der Waals surface area (Å²) in [5, 5.41) is 0. The van der Waals surface area contributed by atoms with Gasteiger partial charge in [0, 0.05) is 32.2 Å². The van der Waals surface area contributed by atoms with Crippen LogP contribution in [0.5, 0.6) is 0 Å². The number of likely N-dealkylation sites (tertiary alicyclic amines) is 1. The van der Waals surface area contributed by atoms with Gasteiger partial charge in [0.05, 0.1) is 19.8 Å². The monoisotopic (exact) mass is 285 g/mol. The van der Waals surface area contributed by atoms with Crippen molar-refractivity contribution in [2.75, 3.05) is 52.5 Å². The third-order valence-electron chi connectivity index (χ3n) is 4.10. The van der Waals surface area contributed by atoms with Gasteiger partial charge in [0.1, 0.15) is 5.54 Å². The first-order valence-corrected chi connectivity index (χ1v) is 7.53. The van der Waals surface area contributed by atoms with Gasteiger partial charge in [-0.25, -0.2) is 0 Å². The Bertz CT molecular complexity index is 330. The van der Waals surface area contributed by atoms with Crippen LogP contribution in [0.3, 0.4) is 0 Å². The molecule has 20 heavy (non-hydrogen) atoms. The summed E-state index contributed by atoms with van der Waals surface area (Å²) in [6.45, 7) is 10.1. The van der Waals surface area contributed by atoms with E-state index in [2.05, 4.69) is 9.80 Å². The fourth-order valence-electron chi connectivity index (χ4n) is 3.02. The largest absolute Gasteiger partial charge is 0.465 e. The maximum Gasteiger partial charge on any atom is 0.327 e. The fourth-order valence-corrected chi connectivity index (χ4v) is 3.02. The third kappa shape index (κ3) is 3.91. The minimum atomic E-state index is -0.921. The Morgan fingerprint density at radius 1 is 1.40 bits per heavy atom. The van der Waals surface area contributed by atoms with Gasteiger partial charge in [-0.05, 0) is 26.8 Å². The smallest absolute Gasteiger partial charge is 0.327 e. The number of nitrogens with zero attached hydrogens (tertiary/aromatic N) is 2. The maximum absolute atomic E-state index is 11.8. The zero-order chi connectivity index (χ0) is 14.6. The van der Waals surface area contributed by atoms with Gasteiger partial charge in [0.15, 0.2) is 0 Å².